The Bertz CT molecular complexity index is 562. The average Bonchev–Trinajstić information content (AvgIpc) is 2.38. The maximum absolute atomic E-state index is 13.7. The van der Waals surface area contributed by atoms with E-state index in [9.17, 15) is 9.18 Å². The molecular weight excluding hydrogens is 239 g/mol. The van der Waals surface area contributed by atoms with Gasteiger partial charge in [-0.15, -0.1) is 0 Å². The summed E-state index contributed by atoms with van der Waals surface area (Å²) in [5.74, 6) is -2.34. The summed E-state index contributed by atoms with van der Waals surface area (Å²) in [7, 11) is 0. The molecule has 0 spiro atoms. The van der Waals surface area contributed by atoms with Gasteiger partial charge in [0.25, 0.3) is 0 Å². The third-order valence-corrected chi connectivity index (χ3v) is 2.20. The fourth-order valence-corrected chi connectivity index (χ4v) is 1.33. The zero-order chi connectivity index (χ0) is 13.0. The van der Waals surface area contributed by atoms with Gasteiger partial charge < -0.3 is 10.4 Å². The number of halogens is 1. The number of hydrogen-bond donors (Lipinski definition) is 2. The van der Waals surface area contributed by atoms with Crippen molar-refractivity contribution in [1.82, 2.24) is 15.0 Å². The molecule has 2 aromatic heterocycles. The van der Waals surface area contributed by atoms with Crippen molar-refractivity contribution in [2.75, 3.05) is 5.32 Å². The van der Waals surface area contributed by atoms with E-state index in [4.69, 9.17) is 5.11 Å². The van der Waals surface area contributed by atoms with Crippen molar-refractivity contribution in [3.8, 4) is 0 Å². The van der Waals surface area contributed by atoms with E-state index in [0.29, 0.717) is 5.69 Å². The molecule has 0 fully saturated rings. The Morgan fingerprint density at radius 2 is 2.17 bits per heavy atom. The van der Waals surface area contributed by atoms with Crippen LogP contribution in [0.4, 0.5) is 10.2 Å². The smallest absolute Gasteiger partial charge is 0.338 e. The van der Waals surface area contributed by atoms with E-state index in [1.54, 1.807) is 12.3 Å². The summed E-state index contributed by atoms with van der Waals surface area (Å²) in [5.41, 5.74) is 0.224. The van der Waals surface area contributed by atoms with Crippen LogP contribution in [0.2, 0.25) is 0 Å². The molecule has 18 heavy (non-hydrogen) atoms. The molecular formula is C11H9FN4O2. The molecule has 0 aromatic carbocycles. The van der Waals surface area contributed by atoms with Crippen LogP contribution < -0.4 is 5.32 Å². The summed E-state index contributed by atoms with van der Waals surface area (Å²) in [5, 5.41) is 11.4. The molecule has 0 radical (unpaired) electrons. The topological polar surface area (TPSA) is 88.0 Å². The number of aromatic nitrogens is 3. The Labute approximate surface area is 102 Å². The Morgan fingerprint density at radius 1 is 1.33 bits per heavy atom. The molecule has 2 aromatic rings. The highest BCUT2D eigenvalue weighted by Gasteiger charge is 2.14. The highest BCUT2D eigenvalue weighted by atomic mass is 19.1. The number of carboxylic acid groups (broad SMARTS) is 1. The number of aromatic carboxylic acids is 1. The average molecular weight is 248 g/mol. The van der Waals surface area contributed by atoms with Crippen molar-refractivity contribution in [2.24, 2.45) is 0 Å². The second-order valence-corrected chi connectivity index (χ2v) is 3.38. The van der Waals surface area contributed by atoms with Gasteiger partial charge in [-0.2, -0.15) is 0 Å². The summed E-state index contributed by atoms with van der Waals surface area (Å²) in [6.07, 6.45) is 4.16. The van der Waals surface area contributed by atoms with Crippen LogP contribution in [0, 0.1) is 5.82 Å². The normalized spacial score (nSPS) is 10.1. The second-order valence-electron chi connectivity index (χ2n) is 3.38. The Hall–Kier alpha value is -2.57. The maximum atomic E-state index is 13.7. The Kier molecular flexibility index (Phi) is 3.42. The first-order valence-corrected chi connectivity index (χ1v) is 5.05. The molecule has 0 bridgehead atoms. The number of carboxylic acids is 1. The molecule has 2 N–H and O–H groups in total. The van der Waals surface area contributed by atoms with Gasteiger partial charge in [0.2, 0.25) is 0 Å². The highest BCUT2D eigenvalue weighted by molar-refractivity contribution is 5.88. The third-order valence-electron chi connectivity index (χ3n) is 2.20. The fourth-order valence-electron chi connectivity index (χ4n) is 1.33. The molecule has 0 aliphatic rings. The summed E-state index contributed by atoms with van der Waals surface area (Å²) in [6.45, 7) is 0.232. The van der Waals surface area contributed by atoms with Gasteiger partial charge in [0.05, 0.1) is 12.2 Å². The number of hydrogen-bond acceptors (Lipinski definition) is 5. The molecule has 0 atom stereocenters. The first-order chi connectivity index (χ1) is 8.68. The van der Waals surface area contributed by atoms with E-state index in [1.807, 2.05) is 0 Å². The van der Waals surface area contributed by atoms with Crippen molar-refractivity contribution in [3.63, 3.8) is 0 Å². The maximum Gasteiger partial charge on any atom is 0.338 e. The van der Waals surface area contributed by atoms with Crippen molar-refractivity contribution in [1.29, 1.82) is 0 Å². The van der Waals surface area contributed by atoms with Gasteiger partial charge in [-0.25, -0.2) is 24.1 Å². The third kappa shape index (κ3) is 2.57. The first kappa shape index (κ1) is 11.9. The minimum absolute atomic E-state index is 0.117. The number of anilines is 1. The van der Waals surface area contributed by atoms with Crippen LogP contribution in [-0.4, -0.2) is 26.0 Å². The molecule has 0 aliphatic carbocycles. The lowest BCUT2D eigenvalue weighted by Gasteiger charge is -2.07. The number of pyridine rings is 1. The van der Waals surface area contributed by atoms with Crippen molar-refractivity contribution < 1.29 is 14.3 Å². The van der Waals surface area contributed by atoms with Gasteiger partial charge in [0.15, 0.2) is 11.6 Å². The van der Waals surface area contributed by atoms with Gasteiger partial charge in [-0.1, -0.05) is 0 Å². The van der Waals surface area contributed by atoms with Crippen molar-refractivity contribution >= 4 is 11.8 Å². The monoisotopic (exact) mass is 248 g/mol. The quantitative estimate of drug-likeness (QED) is 0.848. The van der Waals surface area contributed by atoms with E-state index in [2.05, 4.69) is 20.3 Å². The molecule has 0 unspecified atom stereocenters. The van der Waals surface area contributed by atoms with Crippen molar-refractivity contribution in [3.05, 3.63) is 47.9 Å². The number of carbonyl (C=O) groups is 1. The SMILES string of the molecule is O=C(O)c1ccnc(NCc2ccncn2)c1F. The molecule has 0 amide bonds. The van der Waals surface area contributed by atoms with Crippen LogP contribution >= 0.6 is 0 Å². The lowest BCUT2D eigenvalue weighted by molar-refractivity contribution is 0.0692. The minimum atomic E-state index is -1.33. The van der Waals surface area contributed by atoms with Gasteiger partial charge >= 0.3 is 5.97 Å². The molecule has 0 saturated heterocycles. The summed E-state index contributed by atoms with van der Waals surface area (Å²) in [4.78, 5) is 22.2. The molecule has 2 rings (SSSR count). The van der Waals surface area contributed by atoms with Gasteiger partial charge in [0, 0.05) is 12.4 Å². The zero-order valence-corrected chi connectivity index (χ0v) is 9.17. The van der Waals surface area contributed by atoms with Gasteiger partial charge in [0.1, 0.15) is 11.9 Å². The first-order valence-electron chi connectivity index (χ1n) is 5.05. The van der Waals surface area contributed by atoms with Crippen LogP contribution in [0.1, 0.15) is 16.1 Å². The fraction of sp³-hybridized carbons (Fsp3) is 0.0909. The van der Waals surface area contributed by atoms with E-state index in [-0.39, 0.29) is 12.4 Å². The predicted molar refractivity (Wildman–Crippen MR) is 60.5 cm³/mol. The number of nitrogens with zero attached hydrogens (tertiary/aromatic N) is 3. The molecule has 7 heteroatoms. The zero-order valence-electron chi connectivity index (χ0n) is 9.17. The second kappa shape index (κ2) is 5.17. The summed E-state index contributed by atoms with van der Waals surface area (Å²) < 4.78 is 13.7. The van der Waals surface area contributed by atoms with E-state index in [1.165, 1.54) is 12.5 Å². The van der Waals surface area contributed by atoms with Crippen LogP contribution in [0.5, 0.6) is 0 Å². The van der Waals surface area contributed by atoms with Crippen LogP contribution in [0.3, 0.4) is 0 Å². The summed E-state index contributed by atoms with van der Waals surface area (Å²) >= 11 is 0. The standard InChI is InChI=1S/C11H9FN4O2/c12-9-8(11(17)18)2-4-14-10(9)15-5-7-1-3-13-6-16-7/h1-4,6H,5H2,(H,14,15)(H,17,18). The molecule has 0 aliphatic heterocycles. The van der Waals surface area contributed by atoms with E-state index < -0.39 is 17.3 Å². The largest absolute Gasteiger partial charge is 0.478 e. The Morgan fingerprint density at radius 3 is 2.83 bits per heavy atom. The number of rotatable bonds is 4. The van der Waals surface area contributed by atoms with E-state index in [0.717, 1.165) is 6.07 Å². The molecule has 0 saturated carbocycles. The highest BCUT2D eigenvalue weighted by Crippen LogP contribution is 2.15. The lowest BCUT2D eigenvalue weighted by Crippen LogP contribution is -2.09. The van der Waals surface area contributed by atoms with Gasteiger partial charge in [-0.05, 0) is 12.1 Å². The summed E-state index contributed by atoms with van der Waals surface area (Å²) in [6, 6.07) is 2.76. The van der Waals surface area contributed by atoms with Crippen LogP contribution in [0.15, 0.2) is 30.9 Å². The molecule has 2 heterocycles. The molecule has 92 valence electrons. The van der Waals surface area contributed by atoms with Crippen LogP contribution in [0.25, 0.3) is 0 Å². The van der Waals surface area contributed by atoms with Crippen LogP contribution in [-0.2, 0) is 6.54 Å². The lowest BCUT2D eigenvalue weighted by atomic mass is 10.2. The van der Waals surface area contributed by atoms with E-state index >= 15 is 0 Å². The minimum Gasteiger partial charge on any atom is -0.478 e. The van der Waals surface area contributed by atoms with Gasteiger partial charge in [-0.3, -0.25) is 0 Å². The number of nitrogens with one attached hydrogen (secondary N) is 1. The Balaban J connectivity index is 2.15. The predicted octanol–water partition coefficient (Wildman–Crippen LogP) is 1.32. The van der Waals surface area contributed by atoms with Crippen molar-refractivity contribution in [2.45, 2.75) is 6.54 Å². The molecule has 6 nitrogen and oxygen atoms in total.